The maximum atomic E-state index is 5.76. The molecule has 1 unspecified atom stereocenters. The highest BCUT2D eigenvalue weighted by Gasteiger charge is 2.21. The normalized spacial score (nSPS) is 13.4. The van der Waals surface area contributed by atoms with Gasteiger partial charge in [0.15, 0.2) is 0 Å². The number of hydrogen-bond donors (Lipinski definition) is 2. The molecule has 0 amide bonds. The van der Waals surface area contributed by atoms with E-state index in [1.165, 1.54) is 15.6 Å². The summed E-state index contributed by atoms with van der Waals surface area (Å²) in [5.74, 6) is 6.36. The van der Waals surface area contributed by atoms with E-state index in [0.717, 1.165) is 12.8 Å². The van der Waals surface area contributed by atoms with E-state index in [9.17, 15) is 0 Å². The van der Waals surface area contributed by atoms with Crippen LogP contribution in [0, 0.1) is 5.92 Å². The molecule has 3 N–H and O–H groups in total. The second-order valence-electron chi connectivity index (χ2n) is 4.41. The molecule has 1 heterocycles. The van der Waals surface area contributed by atoms with Crippen LogP contribution in [0.25, 0.3) is 10.1 Å². The summed E-state index contributed by atoms with van der Waals surface area (Å²) in [6, 6.07) is 8.81. The molecular formula is C14H20N2S. The quantitative estimate of drug-likeness (QED) is 0.623. The number of fused-ring (bicyclic) bond motifs is 1. The number of thiophene rings is 1. The molecule has 1 aromatic carbocycles. The Kier molecular flexibility index (Phi) is 4.15. The van der Waals surface area contributed by atoms with Crippen molar-refractivity contribution in [2.45, 2.75) is 32.7 Å². The molecule has 92 valence electrons. The molecule has 0 spiro atoms. The lowest BCUT2D eigenvalue weighted by Gasteiger charge is -2.24. The van der Waals surface area contributed by atoms with Crippen molar-refractivity contribution in [1.29, 1.82) is 0 Å². The van der Waals surface area contributed by atoms with Crippen LogP contribution in [-0.2, 0) is 0 Å². The van der Waals surface area contributed by atoms with E-state index < -0.39 is 0 Å². The number of benzene rings is 1. The summed E-state index contributed by atoms with van der Waals surface area (Å²) in [4.78, 5) is 0. The van der Waals surface area contributed by atoms with E-state index in [0.29, 0.717) is 5.92 Å². The average Bonchev–Trinajstić information content (AvgIpc) is 2.79. The third kappa shape index (κ3) is 2.37. The van der Waals surface area contributed by atoms with Gasteiger partial charge in [0.2, 0.25) is 0 Å². The van der Waals surface area contributed by atoms with Gasteiger partial charge in [0.25, 0.3) is 0 Å². The van der Waals surface area contributed by atoms with Gasteiger partial charge in [-0.2, -0.15) is 0 Å². The zero-order valence-corrected chi connectivity index (χ0v) is 11.3. The van der Waals surface area contributed by atoms with Crippen LogP contribution in [0.5, 0.6) is 0 Å². The van der Waals surface area contributed by atoms with Crippen LogP contribution in [0.4, 0.5) is 0 Å². The lowest BCUT2D eigenvalue weighted by atomic mass is 9.89. The summed E-state index contributed by atoms with van der Waals surface area (Å²) < 4.78 is 1.34. The Labute approximate surface area is 107 Å². The van der Waals surface area contributed by atoms with Crippen molar-refractivity contribution in [2.24, 2.45) is 11.8 Å². The van der Waals surface area contributed by atoms with Crippen LogP contribution < -0.4 is 11.3 Å². The highest BCUT2D eigenvalue weighted by molar-refractivity contribution is 7.17. The monoisotopic (exact) mass is 248 g/mol. The second-order valence-corrected chi connectivity index (χ2v) is 5.32. The molecule has 0 bridgehead atoms. The van der Waals surface area contributed by atoms with Gasteiger partial charge in [-0.15, -0.1) is 11.3 Å². The Hall–Kier alpha value is -0.900. The van der Waals surface area contributed by atoms with Crippen LogP contribution in [0.3, 0.4) is 0 Å². The third-order valence-corrected chi connectivity index (χ3v) is 4.53. The van der Waals surface area contributed by atoms with Crippen LogP contribution in [0.1, 0.15) is 38.3 Å². The Bertz CT molecular complexity index is 474. The van der Waals surface area contributed by atoms with Crippen LogP contribution in [0.15, 0.2) is 29.6 Å². The van der Waals surface area contributed by atoms with Crippen LogP contribution >= 0.6 is 11.3 Å². The maximum absolute atomic E-state index is 5.76. The zero-order valence-electron chi connectivity index (χ0n) is 10.4. The van der Waals surface area contributed by atoms with E-state index in [4.69, 9.17) is 5.84 Å². The first-order valence-corrected chi connectivity index (χ1v) is 7.12. The van der Waals surface area contributed by atoms with Gasteiger partial charge in [-0.3, -0.25) is 11.3 Å². The molecule has 0 radical (unpaired) electrons. The van der Waals surface area contributed by atoms with E-state index >= 15 is 0 Å². The van der Waals surface area contributed by atoms with Crippen molar-refractivity contribution in [2.75, 3.05) is 0 Å². The largest absolute Gasteiger partial charge is 0.271 e. The lowest BCUT2D eigenvalue weighted by Crippen LogP contribution is -2.33. The van der Waals surface area contributed by atoms with Crippen molar-refractivity contribution in [3.05, 3.63) is 35.2 Å². The van der Waals surface area contributed by atoms with Gasteiger partial charge in [-0.1, -0.05) is 44.9 Å². The smallest absolute Gasteiger partial charge is 0.0502 e. The SMILES string of the molecule is CCC(CC)C(NN)c1csc2ccccc12. The van der Waals surface area contributed by atoms with Crippen LogP contribution in [0.2, 0.25) is 0 Å². The molecular weight excluding hydrogens is 228 g/mol. The average molecular weight is 248 g/mol. The Morgan fingerprint density at radius 2 is 1.94 bits per heavy atom. The van der Waals surface area contributed by atoms with Gasteiger partial charge in [-0.05, 0) is 28.3 Å². The highest BCUT2D eigenvalue weighted by Crippen LogP contribution is 2.35. The van der Waals surface area contributed by atoms with E-state index in [1.54, 1.807) is 11.3 Å². The first-order chi connectivity index (χ1) is 8.31. The minimum absolute atomic E-state index is 0.265. The molecule has 0 aliphatic rings. The molecule has 3 heteroatoms. The molecule has 0 fully saturated rings. The molecule has 2 nitrogen and oxygen atoms in total. The maximum Gasteiger partial charge on any atom is 0.0502 e. The Morgan fingerprint density at radius 1 is 1.24 bits per heavy atom. The van der Waals surface area contributed by atoms with Crippen molar-refractivity contribution in [3.8, 4) is 0 Å². The minimum atomic E-state index is 0.265. The van der Waals surface area contributed by atoms with Gasteiger partial charge >= 0.3 is 0 Å². The Balaban J connectivity index is 2.42. The van der Waals surface area contributed by atoms with Gasteiger partial charge in [0.05, 0.1) is 6.04 Å². The van der Waals surface area contributed by atoms with E-state index in [1.807, 2.05) is 0 Å². The minimum Gasteiger partial charge on any atom is -0.271 e. The molecule has 1 atom stereocenters. The van der Waals surface area contributed by atoms with Gasteiger partial charge in [-0.25, -0.2) is 0 Å². The summed E-state index contributed by atoms with van der Waals surface area (Å²) in [6.45, 7) is 4.46. The van der Waals surface area contributed by atoms with Crippen LogP contribution in [-0.4, -0.2) is 0 Å². The van der Waals surface area contributed by atoms with E-state index in [2.05, 4.69) is 48.9 Å². The third-order valence-electron chi connectivity index (χ3n) is 3.55. The Morgan fingerprint density at radius 3 is 2.59 bits per heavy atom. The summed E-state index contributed by atoms with van der Waals surface area (Å²) >= 11 is 1.80. The summed E-state index contributed by atoms with van der Waals surface area (Å²) in [6.07, 6.45) is 2.30. The topological polar surface area (TPSA) is 38.0 Å². The second kappa shape index (κ2) is 5.63. The van der Waals surface area contributed by atoms with Crippen molar-refractivity contribution >= 4 is 21.4 Å². The molecule has 0 saturated carbocycles. The molecule has 0 saturated heterocycles. The van der Waals surface area contributed by atoms with Gasteiger partial charge in [0, 0.05) is 4.70 Å². The number of nitrogens with one attached hydrogen (secondary N) is 1. The predicted molar refractivity (Wildman–Crippen MR) is 76.0 cm³/mol. The molecule has 1 aromatic heterocycles. The standard InChI is InChI=1S/C14H20N2S/c1-3-10(4-2)14(16-15)12-9-17-13-8-6-5-7-11(12)13/h5-10,14,16H,3-4,15H2,1-2H3. The fourth-order valence-corrected chi connectivity index (χ4v) is 3.48. The summed E-state index contributed by atoms with van der Waals surface area (Å²) in [5, 5.41) is 3.58. The highest BCUT2D eigenvalue weighted by atomic mass is 32.1. The van der Waals surface area contributed by atoms with Gasteiger partial charge < -0.3 is 0 Å². The molecule has 0 aliphatic heterocycles. The van der Waals surface area contributed by atoms with Gasteiger partial charge in [0.1, 0.15) is 0 Å². The zero-order chi connectivity index (χ0) is 12.3. The molecule has 17 heavy (non-hydrogen) atoms. The molecule has 2 rings (SSSR count). The van der Waals surface area contributed by atoms with Crippen molar-refractivity contribution < 1.29 is 0 Å². The number of rotatable bonds is 5. The lowest BCUT2D eigenvalue weighted by molar-refractivity contribution is 0.348. The van der Waals surface area contributed by atoms with Crippen molar-refractivity contribution in [1.82, 2.24) is 5.43 Å². The first kappa shape index (κ1) is 12.6. The number of hydrazine groups is 1. The summed E-state index contributed by atoms with van der Waals surface area (Å²) in [5.41, 5.74) is 4.35. The molecule has 0 aliphatic carbocycles. The van der Waals surface area contributed by atoms with E-state index in [-0.39, 0.29) is 6.04 Å². The fourth-order valence-electron chi connectivity index (χ4n) is 2.48. The number of hydrogen-bond acceptors (Lipinski definition) is 3. The summed E-state index contributed by atoms with van der Waals surface area (Å²) in [7, 11) is 0. The predicted octanol–water partition coefficient (Wildman–Crippen LogP) is 3.84. The molecule has 2 aromatic rings. The first-order valence-electron chi connectivity index (χ1n) is 6.24. The van der Waals surface area contributed by atoms with Crippen molar-refractivity contribution in [3.63, 3.8) is 0 Å². The number of nitrogens with two attached hydrogens (primary N) is 1. The fraction of sp³-hybridized carbons (Fsp3) is 0.429.